The van der Waals surface area contributed by atoms with Gasteiger partial charge in [0.25, 0.3) is 0 Å². The molecule has 1 amide bonds. The quantitative estimate of drug-likeness (QED) is 0.718. The molecule has 0 fully saturated rings. The lowest BCUT2D eigenvalue weighted by Crippen LogP contribution is -2.30. The van der Waals surface area contributed by atoms with Gasteiger partial charge < -0.3 is 14.6 Å². The van der Waals surface area contributed by atoms with Gasteiger partial charge in [-0.3, -0.25) is 4.90 Å². The van der Waals surface area contributed by atoms with Gasteiger partial charge in [-0.2, -0.15) is 0 Å². The van der Waals surface area contributed by atoms with Gasteiger partial charge in [0.2, 0.25) is 0 Å². The van der Waals surface area contributed by atoms with E-state index < -0.39 is 12.1 Å². The number of allylic oxidation sites excluding steroid dienone is 1. The molecule has 1 aromatic carbocycles. The van der Waals surface area contributed by atoms with Crippen LogP contribution >= 0.6 is 11.6 Å². The molecule has 0 radical (unpaired) electrons. The van der Waals surface area contributed by atoms with Gasteiger partial charge >= 0.3 is 12.1 Å². The standard InChI is InChI=1S/C19H22ClNO5/c1-3-15-16(18(22)25-4-2)11-21(19(23)24)12-17(15)26-9-8-13-6-5-7-14(20)10-13/h5-7,10-12,15H,3-4,8-9H2,1-2H3,(H,23,24). The molecule has 1 atom stereocenters. The van der Waals surface area contributed by atoms with Crippen LogP contribution in [-0.4, -0.2) is 35.3 Å². The summed E-state index contributed by atoms with van der Waals surface area (Å²) in [6.07, 6.45) is 2.69. The summed E-state index contributed by atoms with van der Waals surface area (Å²) in [6, 6.07) is 7.45. The van der Waals surface area contributed by atoms with Gasteiger partial charge in [-0.25, -0.2) is 9.59 Å². The Morgan fingerprint density at radius 3 is 2.65 bits per heavy atom. The number of halogens is 1. The van der Waals surface area contributed by atoms with Crippen molar-refractivity contribution in [3.8, 4) is 0 Å². The van der Waals surface area contributed by atoms with E-state index in [1.165, 1.54) is 12.4 Å². The average Bonchev–Trinajstić information content (AvgIpc) is 2.61. The first-order valence-corrected chi connectivity index (χ1v) is 8.83. The fourth-order valence-corrected chi connectivity index (χ4v) is 2.93. The third-order valence-corrected chi connectivity index (χ3v) is 4.19. The van der Waals surface area contributed by atoms with Crippen LogP contribution in [-0.2, 0) is 20.7 Å². The Morgan fingerprint density at radius 2 is 2.04 bits per heavy atom. The zero-order valence-corrected chi connectivity index (χ0v) is 15.5. The number of rotatable bonds is 7. The largest absolute Gasteiger partial charge is 0.495 e. The van der Waals surface area contributed by atoms with Crippen molar-refractivity contribution in [2.45, 2.75) is 26.7 Å². The molecule has 1 N–H and O–H groups in total. The molecule has 0 saturated carbocycles. The van der Waals surface area contributed by atoms with E-state index in [2.05, 4.69) is 0 Å². The number of nitrogens with zero attached hydrogens (tertiary/aromatic N) is 1. The molecule has 0 aliphatic carbocycles. The van der Waals surface area contributed by atoms with Crippen LogP contribution in [0.1, 0.15) is 25.8 Å². The zero-order chi connectivity index (χ0) is 19.1. The fraction of sp³-hybridized carbons (Fsp3) is 0.368. The number of carbonyl (C=O) groups is 2. The van der Waals surface area contributed by atoms with E-state index >= 15 is 0 Å². The predicted molar refractivity (Wildman–Crippen MR) is 97.6 cm³/mol. The molecule has 0 saturated heterocycles. The highest BCUT2D eigenvalue weighted by Gasteiger charge is 2.31. The third kappa shape index (κ3) is 5.02. The minimum absolute atomic E-state index is 0.217. The Labute approximate surface area is 157 Å². The van der Waals surface area contributed by atoms with Crippen LogP contribution in [0, 0.1) is 5.92 Å². The highest BCUT2D eigenvalue weighted by atomic mass is 35.5. The minimum Gasteiger partial charge on any atom is -0.495 e. The summed E-state index contributed by atoms with van der Waals surface area (Å²) >= 11 is 5.97. The second kappa shape index (κ2) is 9.29. The normalized spacial score (nSPS) is 16.6. The first kappa shape index (κ1) is 19.8. The molecule has 0 spiro atoms. The van der Waals surface area contributed by atoms with Crippen molar-refractivity contribution < 1.29 is 24.2 Å². The lowest BCUT2D eigenvalue weighted by molar-refractivity contribution is -0.139. The smallest absolute Gasteiger partial charge is 0.415 e. The minimum atomic E-state index is -1.20. The molecular formula is C19H22ClNO5. The molecule has 0 aromatic heterocycles. The molecule has 6 nitrogen and oxygen atoms in total. The maximum atomic E-state index is 12.2. The van der Waals surface area contributed by atoms with Crippen molar-refractivity contribution in [1.29, 1.82) is 0 Å². The molecule has 2 rings (SSSR count). The Morgan fingerprint density at radius 1 is 1.27 bits per heavy atom. The second-order valence-electron chi connectivity index (χ2n) is 5.72. The molecule has 1 heterocycles. The van der Waals surface area contributed by atoms with Crippen LogP contribution in [0.2, 0.25) is 5.02 Å². The lowest BCUT2D eigenvalue weighted by Gasteiger charge is -2.28. The second-order valence-corrected chi connectivity index (χ2v) is 6.15. The topological polar surface area (TPSA) is 76.1 Å². The molecule has 7 heteroatoms. The fourth-order valence-electron chi connectivity index (χ4n) is 2.72. The highest BCUT2D eigenvalue weighted by molar-refractivity contribution is 6.30. The predicted octanol–water partition coefficient (Wildman–Crippen LogP) is 4.21. The Kier molecular flexibility index (Phi) is 7.09. The summed E-state index contributed by atoms with van der Waals surface area (Å²) in [7, 11) is 0. The Balaban J connectivity index is 2.13. The molecule has 140 valence electrons. The molecule has 1 aliphatic rings. The van der Waals surface area contributed by atoms with E-state index in [9.17, 15) is 14.7 Å². The van der Waals surface area contributed by atoms with Gasteiger partial charge in [-0.1, -0.05) is 30.7 Å². The summed E-state index contributed by atoms with van der Waals surface area (Å²) in [5.41, 5.74) is 1.29. The van der Waals surface area contributed by atoms with E-state index in [1.807, 2.05) is 25.1 Å². The maximum absolute atomic E-state index is 12.2. The van der Waals surface area contributed by atoms with Crippen molar-refractivity contribution in [3.63, 3.8) is 0 Å². The lowest BCUT2D eigenvalue weighted by atomic mass is 9.93. The number of carbonyl (C=O) groups excluding carboxylic acids is 1. The highest BCUT2D eigenvalue weighted by Crippen LogP contribution is 2.31. The molecular weight excluding hydrogens is 358 g/mol. The average molecular weight is 380 g/mol. The number of amides is 1. The van der Waals surface area contributed by atoms with Gasteiger partial charge in [-0.15, -0.1) is 0 Å². The maximum Gasteiger partial charge on any atom is 0.415 e. The number of hydrogen-bond donors (Lipinski definition) is 1. The van der Waals surface area contributed by atoms with Crippen LogP contribution in [0.4, 0.5) is 4.79 Å². The summed E-state index contributed by atoms with van der Waals surface area (Å²) in [5.74, 6) is -0.443. The Hall–Kier alpha value is -2.47. The zero-order valence-electron chi connectivity index (χ0n) is 14.8. The van der Waals surface area contributed by atoms with Crippen LogP contribution < -0.4 is 0 Å². The van der Waals surface area contributed by atoms with E-state index in [0.29, 0.717) is 30.2 Å². The SMILES string of the molecule is CCOC(=O)C1=CN(C(=O)O)C=C(OCCc2cccc(Cl)c2)C1CC. The Bertz CT molecular complexity index is 728. The van der Waals surface area contributed by atoms with E-state index in [4.69, 9.17) is 21.1 Å². The van der Waals surface area contributed by atoms with E-state index in [0.717, 1.165) is 10.5 Å². The number of esters is 1. The van der Waals surface area contributed by atoms with Gasteiger partial charge in [0.1, 0.15) is 5.76 Å². The van der Waals surface area contributed by atoms with Crippen LogP contribution in [0.15, 0.2) is 48.0 Å². The molecule has 1 unspecified atom stereocenters. The van der Waals surface area contributed by atoms with Crippen LogP contribution in [0.25, 0.3) is 0 Å². The number of ether oxygens (including phenoxy) is 2. The van der Waals surface area contributed by atoms with Crippen molar-refractivity contribution in [3.05, 3.63) is 58.6 Å². The van der Waals surface area contributed by atoms with Gasteiger partial charge in [0.15, 0.2) is 0 Å². The number of carboxylic acid groups (broad SMARTS) is 1. The summed E-state index contributed by atoms with van der Waals surface area (Å²) < 4.78 is 10.9. The van der Waals surface area contributed by atoms with Gasteiger partial charge in [0, 0.05) is 17.6 Å². The molecule has 1 aliphatic heterocycles. The summed E-state index contributed by atoms with van der Waals surface area (Å²) in [4.78, 5) is 24.5. The van der Waals surface area contributed by atoms with Crippen molar-refractivity contribution in [1.82, 2.24) is 4.90 Å². The van der Waals surface area contributed by atoms with Gasteiger partial charge in [-0.05, 0) is 31.0 Å². The van der Waals surface area contributed by atoms with Crippen LogP contribution in [0.5, 0.6) is 0 Å². The molecule has 26 heavy (non-hydrogen) atoms. The summed E-state index contributed by atoms with van der Waals surface area (Å²) in [6.45, 7) is 4.17. The van der Waals surface area contributed by atoms with Crippen molar-refractivity contribution >= 4 is 23.7 Å². The van der Waals surface area contributed by atoms with Gasteiger partial charge in [0.05, 0.1) is 30.9 Å². The summed E-state index contributed by atoms with van der Waals surface area (Å²) in [5, 5.41) is 9.94. The number of benzene rings is 1. The third-order valence-electron chi connectivity index (χ3n) is 3.95. The monoisotopic (exact) mass is 379 g/mol. The first-order valence-electron chi connectivity index (χ1n) is 8.45. The van der Waals surface area contributed by atoms with Crippen LogP contribution in [0.3, 0.4) is 0 Å². The van der Waals surface area contributed by atoms with Crippen molar-refractivity contribution in [2.24, 2.45) is 5.92 Å². The van der Waals surface area contributed by atoms with Crippen molar-refractivity contribution in [2.75, 3.05) is 13.2 Å². The first-order chi connectivity index (χ1) is 12.5. The van der Waals surface area contributed by atoms with E-state index in [-0.39, 0.29) is 18.1 Å². The molecule has 0 bridgehead atoms. The number of hydrogen-bond acceptors (Lipinski definition) is 4. The van der Waals surface area contributed by atoms with E-state index in [1.54, 1.807) is 13.0 Å². The molecule has 1 aromatic rings.